The van der Waals surface area contributed by atoms with E-state index >= 15 is 0 Å². The Bertz CT molecular complexity index is 417. The van der Waals surface area contributed by atoms with Crippen LogP contribution in [-0.4, -0.2) is 44.5 Å². The number of carbonyl (C=O) groups excluding carboxylic acids is 1. The van der Waals surface area contributed by atoms with Gasteiger partial charge < -0.3 is 21.3 Å². The van der Waals surface area contributed by atoms with Gasteiger partial charge in [0.1, 0.15) is 6.04 Å². The van der Waals surface area contributed by atoms with Crippen molar-refractivity contribution in [3.63, 3.8) is 0 Å². The number of rotatable bonds is 5. The Kier molecular flexibility index (Phi) is 4.18. The van der Waals surface area contributed by atoms with E-state index in [9.17, 15) is 9.59 Å². The number of nitrogens with one attached hydrogen (secondary N) is 1. The standard InChI is InChI=1S/C9H14N4O4/c1-13-4-5(2-12-13)7(10)8(15)11-3-6(14)9(16)17/h2,4,6-7,14H,3,10H2,1H3,(H,11,15)(H,16,17)/t6-,7?/m0/s1. The third kappa shape index (κ3) is 3.54. The number of aliphatic carboxylic acids is 1. The molecule has 1 aromatic heterocycles. The number of hydrogen-bond acceptors (Lipinski definition) is 5. The maximum absolute atomic E-state index is 11.5. The first-order chi connectivity index (χ1) is 7.91. The second-order valence-corrected chi connectivity index (χ2v) is 3.52. The van der Waals surface area contributed by atoms with Gasteiger partial charge in [-0.25, -0.2) is 4.79 Å². The van der Waals surface area contributed by atoms with Gasteiger partial charge >= 0.3 is 5.97 Å². The topological polar surface area (TPSA) is 130 Å². The minimum Gasteiger partial charge on any atom is -0.479 e. The number of carboxylic acids is 1. The summed E-state index contributed by atoms with van der Waals surface area (Å²) in [4.78, 5) is 21.8. The number of aryl methyl sites for hydroxylation is 1. The predicted octanol–water partition coefficient (Wildman–Crippen LogP) is -2.02. The Labute approximate surface area is 97.0 Å². The van der Waals surface area contributed by atoms with Crippen LogP contribution in [-0.2, 0) is 16.6 Å². The second-order valence-electron chi connectivity index (χ2n) is 3.52. The molecule has 0 radical (unpaired) electrons. The molecule has 2 atom stereocenters. The van der Waals surface area contributed by atoms with Crippen molar-refractivity contribution in [3.05, 3.63) is 18.0 Å². The summed E-state index contributed by atoms with van der Waals surface area (Å²) in [7, 11) is 1.68. The Morgan fingerprint density at radius 3 is 2.76 bits per heavy atom. The summed E-state index contributed by atoms with van der Waals surface area (Å²) in [6, 6.07) is -0.940. The van der Waals surface area contributed by atoms with Crippen LogP contribution in [0.5, 0.6) is 0 Å². The molecule has 0 saturated carbocycles. The fourth-order valence-corrected chi connectivity index (χ4v) is 1.15. The van der Waals surface area contributed by atoms with E-state index in [0.717, 1.165) is 0 Å². The highest BCUT2D eigenvalue weighted by atomic mass is 16.4. The van der Waals surface area contributed by atoms with Crippen molar-refractivity contribution in [2.75, 3.05) is 6.54 Å². The first-order valence-corrected chi connectivity index (χ1v) is 4.84. The fourth-order valence-electron chi connectivity index (χ4n) is 1.15. The van der Waals surface area contributed by atoms with Crippen LogP contribution in [0.1, 0.15) is 11.6 Å². The molecule has 0 spiro atoms. The van der Waals surface area contributed by atoms with Gasteiger partial charge in [-0.2, -0.15) is 5.10 Å². The molecule has 1 amide bonds. The van der Waals surface area contributed by atoms with E-state index in [-0.39, 0.29) is 6.54 Å². The maximum atomic E-state index is 11.5. The highest BCUT2D eigenvalue weighted by molar-refractivity contribution is 5.83. The minimum atomic E-state index is -1.64. The second kappa shape index (κ2) is 5.41. The zero-order chi connectivity index (χ0) is 13.0. The van der Waals surface area contributed by atoms with Crippen molar-refractivity contribution in [2.24, 2.45) is 12.8 Å². The number of nitrogens with zero attached hydrogens (tertiary/aromatic N) is 2. The normalized spacial score (nSPS) is 14.1. The number of aliphatic hydroxyl groups excluding tert-OH is 1. The summed E-state index contributed by atoms with van der Waals surface area (Å²) in [6.45, 7) is -0.387. The molecule has 8 heteroatoms. The van der Waals surface area contributed by atoms with Crippen molar-refractivity contribution in [1.29, 1.82) is 0 Å². The smallest absolute Gasteiger partial charge is 0.334 e. The number of amides is 1. The molecule has 94 valence electrons. The average Bonchev–Trinajstić information content (AvgIpc) is 2.70. The van der Waals surface area contributed by atoms with Crippen LogP contribution < -0.4 is 11.1 Å². The summed E-state index contributed by atoms with van der Waals surface area (Å²) in [5.74, 6) is -1.97. The lowest BCUT2D eigenvalue weighted by Crippen LogP contribution is -2.40. The van der Waals surface area contributed by atoms with E-state index in [1.807, 2.05) is 0 Å². The SMILES string of the molecule is Cn1cc(C(N)C(=O)NC[C@H](O)C(=O)O)cn1. The molecule has 5 N–H and O–H groups in total. The molecule has 8 nitrogen and oxygen atoms in total. The molecule has 0 aliphatic rings. The van der Waals surface area contributed by atoms with Crippen LogP contribution >= 0.6 is 0 Å². The van der Waals surface area contributed by atoms with Gasteiger partial charge in [0.25, 0.3) is 0 Å². The van der Waals surface area contributed by atoms with Crippen molar-refractivity contribution < 1.29 is 19.8 Å². The molecule has 0 fully saturated rings. The summed E-state index contributed by atoms with van der Waals surface area (Å²) in [5, 5.41) is 23.5. The number of aliphatic hydroxyl groups is 1. The van der Waals surface area contributed by atoms with Gasteiger partial charge in [0.05, 0.1) is 12.7 Å². The summed E-state index contributed by atoms with van der Waals surface area (Å²) in [5.41, 5.74) is 6.13. The van der Waals surface area contributed by atoms with Crippen LogP contribution in [0.3, 0.4) is 0 Å². The molecular formula is C9H14N4O4. The lowest BCUT2D eigenvalue weighted by atomic mass is 10.1. The Balaban J connectivity index is 2.50. The third-order valence-electron chi connectivity index (χ3n) is 2.12. The molecule has 1 rings (SSSR count). The van der Waals surface area contributed by atoms with Crippen LogP contribution in [0.4, 0.5) is 0 Å². The first-order valence-electron chi connectivity index (χ1n) is 4.84. The number of hydrogen-bond donors (Lipinski definition) is 4. The van der Waals surface area contributed by atoms with Gasteiger partial charge in [0.2, 0.25) is 5.91 Å². The van der Waals surface area contributed by atoms with Gasteiger partial charge in [-0.05, 0) is 0 Å². The highest BCUT2D eigenvalue weighted by Gasteiger charge is 2.20. The number of nitrogens with two attached hydrogens (primary N) is 1. The van der Waals surface area contributed by atoms with Crippen LogP contribution in [0.15, 0.2) is 12.4 Å². The molecule has 1 aromatic rings. The monoisotopic (exact) mass is 242 g/mol. The quantitative estimate of drug-likeness (QED) is 0.471. The van der Waals surface area contributed by atoms with Gasteiger partial charge in [-0.3, -0.25) is 9.48 Å². The molecule has 0 aliphatic heterocycles. The molecule has 0 aromatic carbocycles. The van der Waals surface area contributed by atoms with Crippen molar-refractivity contribution in [1.82, 2.24) is 15.1 Å². The van der Waals surface area contributed by atoms with E-state index in [2.05, 4.69) is 10.4 Å². The highest BCUT2D eigenvalue weighted by Crippen LogP contribution is 2.07. The van der Waals surface area contributed by atoms with Gasteiger partial charge in [0.15, 0.2) is 6.10 Å². The molecular weight excluding hydrogens is 228 g/mol. The van der Waals surface area contributed by atoms with E-state index < -0.39 is 24.0 Å². The molecule has 17 heavy (non-hydrogen) atoms. The zero-order valence-electron chi connectivity index (χ0n) is 9.20. The maximum Gasteiger partial charge on any atom is 0.334 e. The van der Waals surface area contributed by atoms with E-state index in [1.165, 1.54) is 10.9 Å². The summed E-state index contributed by atoms with van der Waals surface area (Å²) >= 11 is 0. The molecule has 0 bridgehead atoms. The Morgan fingerprint density at radius 1 is 1.65 bits per heavy atom. The first kappa shape index (κ1) is 13.1. The van der Waals surface area contributed by atoms with E-state index in [4.69, 9.17) is 15.9 Å². The number of carboxylic acid groups (broad SMARTS) is 1. The van der Waals surface area contributed by atoms with Crippen LogP contribution in [0.2, 0.25) is 0 Å². The lowest BCUT2D eigenvalue weighted by molar-refractivity contribution is -0.146. The van der Waals surface area contributed by atoms with E-state index in [0.29, 0.717) is 5.56 Å². The lowest BCUT2D eigenvalue weighted by Gasteiger charge is -2.11. The largest absolute Gasteiger partial charge is 0.479 e. The fraction of sp³-hybridized carbons (Fsp3) is 0.444. The Hall–Kier alpha value is -1.93. The summed E-state index contributed by atoms with van der Waals surface area (Å²) < 4.78 is 1.49. The van der Waals surface area contributed by atoms with Crippen LogP contribution in [0, 0.1) is 0 Å². The predicted molar refractivity (Wildman–Crippen MR) is 56.8 cm³/mol. The van der Waals surface area contributed by atoms with Crippen LogP contribution in [0.25, 0.3) is 0 Å². The van der Waals surface area contributed by atoms with Crippen molar-refractivity contribution in [3.8, 4) is 0 Å². The molecule has 0 aliphatic carbocycles. The third-order valence-corrected chi connectivity index (χ3v) is 2.12. The Morgan fingerprint density at radius 2 is 2.29 bits per heavy atom. The van der Waals surface area contributed by atoms with Gasteiger partial charge in [0, 0.05) is 18.8 Å². The zero-order valence-corrected chi connectivity index (χ0v) is 9.20. The van der Waals surface area contributed by atoms with Gasteiger partial charge in [-0.15, -0.1) is 0 Å². The molecule has 1 heterocycles. The average molecular weight is 242 g/mol. The van der Waals surface area contributed by atoms with Crippen molar-refractivity contribution >= 4 is 11.9 Å². The summed E-state index contributed by atoms with van der Waals surface area (Å²) in [6.07, 6.45) is 1.38. The van der Waals surface area contributed by atoms with Gasteiger partial charge in [-0.1, -0.05) is 0 Å². The minimum absolute atomic E-state index is 0.387. The number of aromatic nitrogens is 2. The van der Waals surface area contributed by atoms with E-state index in [1.54, 1.807) is 13.2 Å². The molecule has 0 saturated heterocycles. The molecule has 1 unspecified atom stereocenters. The van der Waals surface area contributed by atoms with Crippen molar-refractivity contribution in [2.45, 2.75) is 12.1 Å². The number of carbonyl (C=O) groups is 2.